The summed E-state index contributed by atoms with van der Waals surface area (Å²) in [7, 11) is 0. The van der Waals surface area contributed by atoms with Gasteiger partial charge in [-0.1, -0.05) is 24.3 Å². The molecule has 0 spiro atoms. The van der Waals surface area contributed by atoms with E-state index in [2.05, 4.69) is 4.98 Å². The van der Waals surface area contributed by atoms with Gasteiger partial charge < -0.3 is 0 Å². The highest BCUT2D eigenvalue weighted by atomic mass is 14.6. The van der Waals surface area contributed by atoms with Crippen LogP contribution in [0.15, 0.2) is 42.6 Å². The summed E-state index contributed by atoms with van der Waals surface area (Å²) >= 11 is 0. The second-order valence-electron chi connectivity index (χ2n) is 2.14. The lowest BCUT2D eigenvalue weighted by Crippen LogP contribution is -1.74. The van der Waals surface area contributed by atoms with Crippen LogP contribution in [0, 0.1) is 0 Å². The van der Waals surface area contributed by atoms with Crippen molar-refractivity contribution in [3.63, 3.8) is 0 Å². The minimum atomic E-state index is 0.991. The van der Waals surface area contributed by atoms with Crippen LogP contribution < -0.4 is 0 Å². The van der Waals surface area contributed by atoms with E-state index < -0.39 is 0 Å². The van der Waals surface area contributed by atoms with E-state index in [0.29, 0.717) is 0 Å². The molecule has 1 aromatic rings. The molecule has 11 heavy (non-hydrogen) atoms. The molecule has 0 aliphatic rings. The monoisotopic (exact) mass is 145 g/mol. The Morgan fingerprint density at radius 1 is 1.27 bits per heavy atom. The van der Waals surface area contributed by atoms with Gasteiger partial charge >= 0.3 is 0 Å². The standard InChI is InChI=1S/C10H11N/c1-2-3-4-7-10-8-5-6-9-11-10/h2-9H,1H3. The molecule has 1 rings (SSSR count). The van der Waals surface area contributed by atoms with Crippen LogP contribution in [0.4, 0.5) is 0 Å². The van der Waals surface area contributed by atoms with Crippen LogP contribution in [-0.4, -0.2) is 4.98 Å². The van der Waals surface area contributed by atoms with Crippen LogP contribution in [0.3, 0.4) is 0 Å². The van der Waals surface area contributed by atoms with Gasteiger partial charge in [0.2, 0.25) is 0 Å². The van der Waals surface area contributed by atoms with Crippen molar-refractivity contribution in [2.75, 3.05) is 0 Å². The molecule has 0 radical (unpaired) electrons. The third-order valence-electron chi connectivity index (χ3n) is 1.26. The Bertz CT molecular complexity index is 247. The van der Waals surface area contributed by atoms with Crippen LogP contribution in [0.2, 0.25) is 0 Å². The number of hydrogen-bond donors (Lipinski definition) is 0. The molecule has 0 aromatic carbocycles. The fourth-order valence-corrected chi connectivity index (χ4v) is 0.740. The summed E-state index contributed by atoms with van der Waals surface area (Å²) in [5.74, 6) is 0. The van der Waals surface area contributed by atoms with Gasteiger partial charge in [-0.05, 0) is 25.1 Å². The van der Waals surface area contributed by atoms with Gasteiger partial charge in [0.1, 0.15) is 0 Å². The van der Waals surface area contributed by atoms with Crippen LogP contribution in [0.25, 0.3) is 6.08 Å². The van der Waals surface area contributed by atoms with Crippen molar-refractivity contribution >= 4 is 6.08 Å². The average Bonchev–Trinajstić information content (AvgIpc) is 2.07. The molecular weight excluding hydrogens is 134 g/mol. The van der Waals surface area contributed by atoms with Gasteiger partial charge in [-0.15, -0.1) is 0 Å². The first-order valence-corrected chi connectivity index (χ1v) is 3.64. The summed E-state index contributed by atoms with van der Waals surface area (Å²) in [6, 6.07) is 5.86. The highest BCUT2D eigenvalue weighted by molar-refractivity contribution is 5.46. The Morgan fingerprint density at radius 2 is 2.18 bits per heavy atom. The molecule has 0 saturated carbocycles. The lowest BCUT2D eigenvalue weighted by Gasteiger charge is -1.86. The number of nitrogens with zero attached hydrogens (tertiary/aromatic N) is 1. The molecule has 0 aliphatic heterocycles. The number of pyridine rings is 1. The molecule has 1 heteroatoms. The van der Waals surface area contributed by atoms with Gasteiger partial charge in [-0.25, -0.2) is 0 Å². The van der Waals surface area contributed by atoms with E-state index in [-0.39, 0.29) is 0 Å². The first kappa shape index (κ1) is 7.73. The summed E-state index contributed by atoms with van der Waals surface area (Å²) < 4.78 is 0. The second kappa shape index (κ2) is 4.45. The van der Waals surface area contributed by atoms with E-state index in [4.69, 9.17) is 0 Å². The first-order chi connectivity index (χ1) is 5.43. The van der Waals surface area contributed by atoms with Crippen molar-refractivity contribution in [2.45, 2.75) is 6.92 Å². The zero-order valence-corrected chi connectivity index (χ0v) is 6.57. The third-order valence-corrected chi connectivity index (χ3v) is 1.26. The lowest BCUT2D eigenvalue weighted by molar-refractivity contribution is 1.30. The molecule has 0 atom stereocenters. The second-order valence-corrected chi connectivity index (χ2v) is 2.14. The predicted octanol–water partition coefficient (Wildman–Crippen LogP) is 2.67. The third kappa shape index (κ3) is 2.80. The lowest BCUT2D eigenvalue weighted by atomic mass is 10.3. The van der Waals surface area contributed by atoms with Crippen LogP contribution in [-0.2, 0) is 0 Å². The van der Waals surface area contributed by atoms with Crippen LogP contribution >= 0.6 is 0 Å². The molecular formula is C10H11N. The predicted molar refractivity (Wildman–Crippen MR) is 48.1 cm³/mol. The molecule has 0 N–H and O–H groups in total. The highest BCUT2D eigenvalue weighted by Gasteiger charge is 1.80. The van der Waals surface area contributed by atoms with Crippen molar-refractivity contribution < 1.29 is 0 Å². The average molecular weight is 145 g/mol. The fourth-order valence-electron chi connectivity index (χ4n) is 0.740. The topological polar surface area (TPSA) is 12.9 Å². The summed E-state index contributed by atoms with van der Waals surface area (Å²) in [5, 5.41) is 0. The maximum absolute atomic E-state index is 4.13. The van der Waals surface area contributed by atoms with Gasteiger partial charge in [0.05, 0.1) is 5.69 Å². The van der Waals surface area contributed by atoms with Gasteiger partial charge in [0.25, 0.3) is 0 Å². The fraction of sp³-hybridized carbons (Fsp3) is 0.100. The molecule has 0 unspecified atom stereocenters. The summed E-state index contributed by atoms with van der Waals surface area (Å²) in [5.41, 5.74) is 0.991. The molecule has 0 aliphatic carbocycles. The van der Waals surface area contributed by atoms with Gasteiger partial charge in [-0.2, -0.15) is 0 Å². The normalized spacial score (nSPS) is 11.4. The number of aromatic nitrogens is 1. The Balaban J connectivity index is 2.64. The first-order valence-electron chi connectivity index (χ1n) is 3.64. The van der Waals surface area contributed by atoms with Gasteiger partial charge in [0, 0.05) is 6.20 Å². The van der Waals surface area contributed by atoms with Crippen LogP contribution in [0.5, 0.6) is 0 Å². The zero-order chi connectivity index (χ0) is 7.94. The Hall–Kier alpha value is -1.37. The van der Waals surface area contributed by atoms with E-state index in [0.717, 1.165) is 5.69 Å². The van der Waals surface area contributed by atoms with Crippen molar-refractivity contribution in [3.05, 3.63) is 48.3 Å². The SMILES string of the molecule is CC=CC=Cc1ccccn1. The molecule has 1 aromatic heterocycles. The summed E-state index contributed by atoms with van der Waals surface area (Å²) in [6.45, 7) is 1.99. The van der Waals surface area contributed by atoms with E-state index in [1.54, 1.807) is 6.20 Å². The molecule has 0 fully saturated rings. The Labute approximate surface area is 67.1 Å². The van der Waals surface area contributed by atoms with Crippen molar-refractivity contribution in [1.82, 2.24) is 4.98 Å². The summed E-state index contributed by atoms with van der Waals surface area (Å²) in [6.07, 6.45) is 9.70. The van der Waals surface area contributed by atoms with Crippen molar-refractivity contribution in [1.29, 1.82) is 0 Å². The maximum atomic E-state index is 4.13. The Kier molecular flexibility index (Phi) is 3.13. The maximum Gasteiger partial charge on any atom is 0.0629 e. The minimum Gasteiger partial charge on any atom is -0.257 e. The molecule has 1 nitrogen and oxygen atoms in total. The molecule has 56 valence electrons. The molecule has 1 heterocycles. The smallest absolute Gasteiger partial charge is 0.0629 e. The van der Waals surface area contributed by atoms with E-state index in [1.165, 1.54) is 0 Å². The van der Waals surface area contributed by atoms with Crippen molar-refractivity contribution in [3.8, 4) is 0 Å². The van der Waals surface area contributed by atoms with E-state index in [9.17, 15) is 0 Å². The largest absolute Gasteiger partial charge is 0.257 e. The van der Waals surface area contributed by atoms with Gasteiger partial charge in [0.15, 0.2) is 0 Å². The molecule has 0 bridgehead atoms. The van der Waals surface area contributed by atoms with E-state index in [1.807, 2.05) is 49.4 Å². The Morgan fingerprint density at radius 3 is 2.82 bits per heavy atom. The number of hydrogen-bond acceptors (Lipinski definition) is 1. The molecule has 0 saturated heterocycles. The van der Waals surface area contributed by atoms with E-state index >= 15 is 0 Å². The van der Waals surface area contributed by atoms with Crippen LogP contribution in [0.1, 0.15) is 12.6 Å². The minimum absolute atomic E-state index is 0.991. The summed E-state index contributed by atoms with van der Waals surface area (Å²) in [4.78, 5) is 4.13. The number of rotatable bonds is 2. The highest BCUT2D eigenvalue weighted by Crippen LogP contribution is 1.95. The number of allylic oxidation sites excluding steroid dienone is 3. The van der Waals surface area contributed by atoms with Gasteiger partial charge in [-0.3, -0.25) is 4.98 Å². The quantitative estimate of drug-likeness (QED) is 0.583. The van der Waals surface area contributed by atoms with Crippen molar-refractivity contribution in [2.24, 2.45) is 0 Å². The molecule has 0 amide bonds. The zero-order valence-electron chi connectivity index (χ0n) is 6.57.